The number of alkyl halides is 3. The SMILES string of the molecule is CCCCCCCCC1CCC(COc2ccc(OC(F)(F)F)cc2)CC1. The van der Waals surface area contributed by atoms with Gasteiger partial charge in [-0.3, -0.25) is 0 Å². The second kappa shape index (κ2) is 11.5. The monoisotopic (exact) mass is 386 g/mol. The summed E-state index contributed by atoms with van der Waals surface area (Å²) in [6, 6.07) is 5.65. The minimum Gasteiger partial charge on any atom is -0.493 e. The van der Waals surface area contributed by atoms with Crippen LogP contribution in [-0.2, 0) is 0 Å². The largest absolute Gasteiger partial charge is 0.573 e. The lowest BCUT2D eigenvalue weighted by Gasteiger charge is -2.28. The molecular formula is C22H33F3O2. The minimum atomic E-state index is -4.66. The number of halogens is 3. The third kappa shape index (κ3) is 9.39. The molecule has 0 radical (unpaired) electrons. The van der Waals surface area contributed by atoms with Gasteiger partial charge in [-0.05, 0) is 48.9 Å². The average molecular weight is 386 g/mol. The Morgan fingerprint density at radius 1 is 0.815 bits per heavy atom. The van der Waals surface area contributed by atoms with Crippen LogP contribution in [0.3, 0.4) is 0 Å². The molecule has 0 amide bonds. The maximum atomic E-state index is 12.2. The second-order valence-electron chi connectivity index (χ2n) is 7.77. The molecule has 0 unspecified atom stereocenters. The normalized spacial score (nSPS) is 20.4. The molecule has 0 N–H and O–H groups in total. The first-order valence-corrected chi connectivity index (χ1v) is 10.4. The lowest BCUT2D eigenvalue weighted by Crippen LogP contribution is -2.20. The zero-order valence-electron chi connectivity index (χ0n) is 16.4. The van der Waals surface area contributed by atoms with E-state index in [1.807, 2.05) is 0 Å². The zero-order chi connectivity index (χ0) is 19.5. The van der Waals surface area contributed by atoms with Crippen LogP contribution in [0.5, 0.6) is 11.5 Å². The summed E-state index contributed by atoms with van der Waals surface area (Å²) in [5.41, 5.74) is 0. The number of ether oxygens (including phenoxy) is 2. The first kappa shape index (κ1) is 21.9. The summed E-state index contributed by atoms with van der Waals surface area (Å²) in [4.78, 5) is 0. The summed E-state index contributed by atoms with van der Waals surface area (Å²) in [6.07, 6.45) is 9.80. The fourth-order valence-electron chi connectivity index (χ4n) is 3.85. The molecular weight excluding hydrogens is 353 g/mol. The summed E-state index contributed by atoms with van der Waals surface area (Å²) in [5, 5.41) is 0. The van der Waals surface area contributed by atoms with Crippen molar-refractivity contribution in [2.45, 2.75) is 83.9 Å². The number of hydrogen-bond donors (Lipinski definition) is 0. The molecule has 1 aliphatic rings. The first-order valence-electron chi connectivity index (χ1n) is 10.4. The van der Waals surface area contributed by atoms with Gasteiger partial charge in [-0.15, -0.1) is 13.2 Å². The van der Waals surface area contributed by atoms with E-state index in [-0.39, 0.29) is 5.75 Å². The van der Waals surface area contributed by atoms with Crippen LogP contribution in [0.4, 0.5) is 13.2 Å². The summed E-state index contributed by atoms with van der Waals surface area (Å²) in [7, 11) is 0. The standard InChI is InChI=1S/C22H33F3O2/c1-2-3-4-5-6-7-8-18-9-11-19(12-10-18)17-26-20-13-15-21(16-14-20)27-22(23,24)25/h13-16,18-19H,2-12,17H2,1H3. The topological polar surface area (TPSA) is 18.5 Å². The van der Waals surface area contributed by atoms with Crippen LogP contribution in [0.15, 0.2) is 24.3 Å². The van der Waals surface area contributed by atoms with Crippen LogP contribution in [0.25, 0.3) is 0 Å². The first-order chi connectivity index (χ1) is 13.0. The van der Waals surface area contributed by atoms with Gasteiger partial charge in [0.2, 0.25) is 0 Å². The van der Waals surface area contributed by atoms with Crippen molar-refractivity contribution < 1.29 is 22.6 Å². The average Bonchev–Trinajstić information content (AvgIpc) is 2.64. The van der Waals surface area contributed by atoms with Crippen molar-refractivity contribution in [3.05, 3.63) is 24.3 Å². The number of rotatable bonds is 11. The highest BCUT2D eigenvalue weighted by Crippen LogP contribution is 2.33. The van der Waals surface area contributed by atoms with Crippen molar-refractivity contribution in [2.24, 2.45) is 11.8 Å². The van der Waals surface area contributed by atoms with E-state index in [1.165, 1.54) is 94.9 Å². The molecule has 0 saturated heterocycles. The van der Waals surface area contributed by atoms with Crippen molar-refractivity contribution in [3.8, 4) is 11.5 Å². The van der Waals surface area contributed by atoms with Crippen LogP contribution in [0, 0.1) is 11.8 Å². The Bertz CT molecular complexity index is 505. The van der Waals surface area contributed by atoms with Gasteiger partial charge < -0.3 is 9.47 Å². The highest BCUT2D eigenvalue weighted by molar-refractivity contribution is 5.31. The lowest BCUT2D eigenvalue weighted by molar-refractivity contribution is -0.274. The Morgan fingerprint density at radius 3 is 2.00 bits per heavy atom. The van der Waals surface area contributed by atoms with Crippen molar-refractivity contribution in [1.82, 2.24) is 0 Å². The Labute approximate surface area is 161 Å². The van der Waals surface area contributed by atoms with E-state index in [0.29, 0.717) is 18.3 Å². The molecule has 5 heteroatoms. The minimum absolute atomic E-state index is 0.218. The van der Waals surface area contributed by atoms with Crippen LogP contribution >= 0.6 is 0 Å². The van der Waals surface area contributed by atoms with E-state index in [2.05, 4.69) is 11.7 Å². The molecule has 1 saturated carbocycles. The van der Waals surface area contributed by atoms with Gasteiger partial charge in [0.05, 0.1) is 6.61 Å². The zero-order valence-corrected chi connectivity index (χ0v) is 16.4. The molecule has 1 fully saturated rings. The fourth-order valence-corrected chi connectivity index (χ4v) is 3.85. The second-order valence-corrected chi connectivity index (χ2v) is 7.77. The summed E-state index contributed by atoms with van der Waals surface area (Å²) in [6.45, 7) is 2.89. The molecule has 0 aromatic heterocycles. The van der Waals surface area contributed by atoms with E-state index >= 15 is 0 Å². The molecule has 1 aromatic carbocycles. The molecule has 1 aromatic rings. The molecule has 0 atom stereocenters. The van der Waals surface area contributed by atoms with E-state index in [1.54, 1.807) is 0 Å². The van der Waals surface area contributed by atoms with Gasteiger partial charge in [-0.25, -0.2) is 0 Å². The Balaban J connectivity index is 1.58. The Hall–Kier alpha value is -1.39. The maximum absolute atomic E-state index is 12.2. The van der Waals surface area contributed by atoms with E-state index < -0.39 is 6.36 Å². The smallest absolute Gasteiger partial charge is 0.493 e. The lowest BCUT2D eigenvalue weighted by atomic mass is 9.80. The van der Waals surface area contributed by atoms with Crippen LogP contribution in [0.1, 0.15) is 77.6 Å². The van der Waals surface area contributed by atoms with Gasteiger partial charge in [0.15, 0.2) is 0 Å². The molecule has 154 valence electrons. The van der Waals surface area contributed by atoms with Crippen LogP contribution in [0.2, 0.25) is 0 Å². The molecule has 2 nitrogen and oxygen atoms in total. The van der Waals surface area contributed by atoms with E-state index in [4.69, 9.17) is 4.74 Å². The highest BCUT2D eigenvalue weighted by atomic mass is 19.4. The molecule has 2 rings (SSSR count). The molecule has 0 spiro atoms. The van der Waals surface area contributed by atoms with Crippen LogP contribution < -0.4 is 9.47 Å². The van der Waals surface area contributed by atoms with Crippen molar-refractivity contribution in [3.63, 3.8) is 0 Å². The van der Waals surface area contributed by atoms with Crippen molar-refractivity contribution in [2.75, 3.05) is 6.61 Å². The van der Waals surface area contributed by atoms with Gasteiger partial charge in [0.1, 0.15) is 11.5 Å². The summed E-state index contributed by atoms with van der Waals surface area (Å²) in [5.74, 6) is 1.80. The van der Waals surface area contributed by atoms with Gasteiger partial charge >= 0.3 is 6.36 Å². The van der Waals surface area contributed by atoms with Crippen molar-refractivity contribution in [1.29, 1.82) is 0 Å². The predicted octanol–water partition coefficient (Wildman–Crippen LogP) is 7.52. The molecule has 27 heavy (non-hydrogen) atoms. The maximum Gasteiger partial charge on any atom is 0.573 e. The summed E-state index contributed by atoms with van der Waals surface area (Å²) >= 11 is 0. The van der Waals surface area contributed by atoms with Gasteiger partial charge in [0.25, 0.3) is 0 Å². The van der Waals surface area contributed by atoms with Crippen molar-refractivity contribution >= 4 is 0 Å². The summed E-state index contributed by atoms with van der Waals surface area (Å²) < 4.78 is 46.1. The van der Waals surface area contributed by atoms with Crippen LogP contribution in [-0.4, -0.2) is 13.0 Å². The van der Waals surface area contributed by atoms with E-state index in [0.717, 1.165) is 5.92 Å². The number of hydrogen-bond acceptors (Lipinski definition) is 2. The Morgan fingerprint density at radius 2 is 1.37 bits per heavy atom. The van der Waals surface area contributed by atoms with E-state index in [9.17, 15) is 13.2 Å². The van der Waals surface area contributed by atoms with Gasteiger partial charge in [-0.1, -0.05) is 64.7 Å². The predicted molar refractivity (Wildman–Crippen MR) is 102 cm³/mol. The van der Waals surface area contributed by atoms with Gasteiger partial charge in [0, 0.05) is 0 Å². The highest BCUT2D eigenvalue weighted by Gasteiger charge is 2.31. The third-order valence-electron chi connectivity index (χ3n) is 5.48. The van der Waals surface area contributed by atoms with Gasteiger partial charge in [-0.2, -0.15) is 0 Å². The third-order valence-corrected chi connectivity index (χ3v) is 5.48. The molecule has 1 aliphatic carbocycles. The molecule has 0 heterocycles. The molecule has 0 bridgehead atoms. The number of unbranched alkanes of at least 4 members (excludes halogenated alkanes) is 5. The molecule has 0 aliphatic heterocycles. The Kier molecular flexibility index (Phi) is 9.29. The quantitative estimate of drug-likeness (QED) is 0.366. The fraction of sp³-hybridized carbons (Fsp3) is 0.727. The number of benzene rings is 1.